The van der Waals surface area contributed by atoms with E-state index in [1.807, 2.05) is 5.38 Å². The van der Waals surface area contributed by atoms with E-state index in [0.29, 0.717) is 19.0 Å². The molecule has 2 amide bonds. The summed E-state index contributed by atoms with van der Waals surface area (Å²) in [5.74, 6) is 0.384. The molecule has 0 saturated carbocycles. The highest BCUT2D eigenvalue weighted by atomic mass is 35.5. The van der Waals surface area contributed by atoms with Crippen LogP contribution in [0.4, 0.5) is 0 Å². The molecular weight excluding hydrogens is 284 g/mol. The van der Waals surface area contributed by atoms with Crippen molar-refractivity contribution in [3.8, 4) is 0 Å². The Labute approximate surface area is 120 Å². The van der Waals surface area contributed by atoms with Crippen LogP contribution in [0, 0.1) is 0 Å². The standard InChI is InChI=1S/C13H15ClN2O2S/c14-5-11-8-6-16(13(18)9(8)7-19-11)10-3-1-2-4-15-12(10)17/h7,10H,1-6H2,(H,15,17)/t10-/m0/s1. The van der Waals surface area contributed by atoms with Gasteiger partial charge in [-0.1, -0.05) is 0 Å². The zero-order valence-electron chi connectivity index (χ0n) is 10.4. The van der Waals surface area contributed by atoms with Gasteiger partial charge in [0.1, 0.15) is 6.04 Å². The summed E-state index contributed by atoms with van der Waals surface area (Å²) in [7, 11) is 0. The molecule has 1 aromatic heterocycles. The third-order valence-electron chi connectivity index (χ3n) is 3.80. The number of nitrogens with one attached hydrogen (secondary N) is 1. The van der Waals surface area contributed by atoms with Gasteiger partial charge < -0.3 is 10.2 Å². The topological polar surface area (TPSA) is 49.4 Å². The van der Waals surface area contributed by atoms with E-state index >= 15 is 0 Å². The average molecular weight is 299 g/mol. The molecular formula is C13H15ClN2O2S. The number of fused-ring (bicyclic) bond motifs is 1. The number of nitrogens with zero attached hydrogens (tertiary/aromatic N) is 1. The summed E-state index contributed by atoms with van der Waals surface area (Å²) in [5.41, 5.74) is 1.75. The van der Waals surface area contributed by atoms with Crippen LogP contribution in [0.25, 0.3) is 0 Å². The molecule has 4 nitrogen and oxygen atoms in total. The monoisotopic (exact) mass is 298 g/mol. The van der Waals surface area contributed by atoms with Gasteiger partial charge >= 0.3 is 0 Å². The van der Waals surface area contributed by atoms with E-state index in [1.165, 1.54) is 11.3 Å². The van der Waals surface area contributed by atoms with E-state index < -0.39 is 0 Å². The van der Waals surface area contributed by atoms with Crippen LogP contribution in [0.15, 0.2) is 5.38 Å². The zero-order valence-corrected chi connectivity index (χ0v) is 12.0. The van der Waals surface area contributed by atoms with Crippen molar-refractivity contribution in [1.29, 1.82) is 0 Å². The fraction of sp³-hybridized carbons (Fsp3) is 0.538. The third-order valence-corrected chi connectivity index (χ3v) is 5.26. The van der Waals surface area contributed by atoms with Gasteiger partial charge in [0, 0.05) is 23.3 Å². The summed E-state index contributed by atoms with van der Waals surface area (Å²) in [4.78, 5) is 27.2. The minimum atomic E-state index is -0.324. The number of alkyl halides is 1. The van der Waals surface area contributed by atoms with E-state index in [1.54, 1.807) is 4.90 Å². The molecule has 0 bridgehead atoms. The lowest BCUT2D eigenvalue weighted by atomic mass is 10.1. The van der Waals surface area contributed by atoms with Crippen molar-refractivity contribution in [2.45, 2.75) is 37.7 Å². The number of hydrogen-bond acceptors (Lipinski definition) is 3. The number of carbonyl (C=O) groups is 2. The number of amides is 2. The lowest BCUT2D eigenvalue weighted by molar-refractivity contribution is -0.125. The first-order valence-electron chi connectivity index (χ1n) is 6.46. The molecule has 0 spiro atoms. The van der Waals surface area contributed by atoms with Gasteiger partial charge in [-0.3, -0.25) is 9.59 Å². The molecule has 1 atom stereocenters. The fourth-order valence-corrected chi connectivity index (χ4v) is 3.99. The second-order valence-corrected chi connectivity index (χ2v) is 6.15. The zero-order chi connectivity index (χ0) is 13.4. The van der Waals surface area contributed by atoms with Crippen molar-refractivity contribution in [2.75, 3.05) is 6.54 Å². The number of rotatable bonds is 2. The minimum absolute atomic E-state index is 0.0212. The Morgan fingerprint density at radius 3 is 3.05 bits per heavy atom. The number of carbonyl (C=O) groups excluding carboxylic acids is 2. The Kier molecular flexibility index (Phi) is 3.50. The maximum atomic E-state index is 12.4. The largest absolute Gasteiger partial charge is 0.354 e. The van der Waals surface area contributed by atoms with Gasteiger partial charge in [-0.2, -0.15) is 0 Å². The predicted molar refractivity (Wildman–Crippen MR) is 74.4 cm³/mol. The summed E-state index contributed by atoms with van der Waals surface area (Å²) < 4.78 is 0. The van der Waals surface area contributed by atoms with Gasteiger partial charge in [0.2, 0.25) is 5.91 Å². The van der Waals surface area contributed by atoms with Crippen LogP contribution in [0.2, 0.25) is 0 Å². The van der Waals surface area contributed by atoms with Gasteiger partial charge in [0.15, 0.2) is 0 Å². The predicted octanol–water partition coefficient (Wildman–Crippen LogP) is 2.11. The highest BCUT2D eigenvalue weighted by Crippen LogP contribution is 2.34. The van der Waals surface area contributed by atoms with Crippen molar-refractivity contribution in [3.05, 3.63) is 21.4 Å². The Morgan fingerprint density at radius 1 is 1.42 bits per heavy atom. The molecule has 2 aliphatic heterocycles. The maximum Gasteiger partial charge on any atom is 0.256 e. The maximum absolute atomic E-state index is 12.4. The third kappa shape index (κ3) is 2.15. The molecule has 0 radical (unpaired) electrons. The first kappa shape index (κ1) is 12.9. The molecule has 0 aliphatic carbocycles. The molecule has 0 aromatic carbocycles. The highest BCUT2D eigenvalue weighted by molar-refractivity contribution is 7.10. The van der Waals surface area contributed by atoms with Crippen molar-refractivity contribution < 1.29 is 9.59 Å². The molecule has 1 fully saturated rings. The molecule has 6 heteroatoms. The molecule has 1 saturated heterocycles. The molecule has 3 heterocycles. The van der Waals surface area contributed by atoms with E-state index in [9.17, 15) is 9.59 Å². The minimum Gasteiger partial charge on any atom is -0.354 e. The van der Waals surface area contributed by atoms with Crippen LogP contribution >= 0.6 is 22.9 Å². The Morgan fingerprint density at radius 2 is 2.26 bits per heavy atom. The summed E-state index contributed by atoms with van der Waals surface area (Å²) in [6.45, 7) is 1.24. The van der Waals surface area contributed by atoms with Crippen LogP contribution in [-0.2, 0) is 17.2 Å². The van der Waals surface area contributed by atoms with Gasteiger partial charge in [-0.15, -0.1) is 22.9 Å². The van der Waals surface area contributed by atoms with Gasteiger partial charge in [0.05, 0.1) is 11.4 Å². The molecule has 1 N–H and O–H groups in total. The second kappa shape index (κ2) is 5.13. The van der Waals surface area contributed by atoms with Gasteiger partial charge in [-0.25, -0.2) is 0 Å². The number of hydrogen-bond donors (Lipinski definition) is 1. The Hall–Kier alpha value is -1.07. The smallest absolute Gasteiger partial charge is 0.256 e. The Balaban J connectivity index is 1.86. The van der Waals surface area contributed by atoms with Crippen molar-refractivity contribution in [1.82, 2.24) is 10.2 Å². The van der Waals surface area contributed by atoms with E-state index in [2.05, 4.69) is 5.32 Å². The average Bonchev–Trinajstić information content (AvgIpc) is 2.87. The lowest BCUT2D eigenvalue weighted by Gasteiger charge is -2.25. The molecule has 0 unspecified atom stereocenters. The van der Waals surface area contributed by atoms with Crippen LogP contribution in [0.3, 0.4) is 0 Å². The first-order chi connectivity index (χ1) is 9.22. The van der Waals surface area contributed by atoms with Gasteiger partial charge in [-0.05, 0) is 24.8 Å². The van der Waals surface area contributed by atoms with Crippen LogP contribution in [0.5, 0.6) is 0 Å². The summed E-state index contributed by atoms with van der Waals surface area (Å²) in [5, 5.41) is 4.75. The fourth-order valence-electron chi connectivity index (χ4n) is 2.76. The SMILES string of the molecule is O=C1NCCCC[C@@H]1N1Cc2c(csc2CCl)C1=O. The van der Waals surface area contributed by atoms with Gasteiger partial charge in [0.25, 0.3) is 5.91 Å². The summed E-state index contributed by atoms with van der Waals surface area (Å²) >= 11 is 7.42. The molecule has 102 valence electrons. The summed E-state index contributed by atoms with van der Waals surface area (Å²) in [6.07, 6.45) is 2.71. The number of halogens is 1. The second-order valence-electron chi connectivity index (χ2n) is 4.92. The van der Waals surface area contributed by atoms with E-state index in [0.717, 1.165) is 35.3 Å². The molecule has 2 aliphatic rings. The van der Waals surface area contributed by atoms with Crippen LogP contribution in [0.1, 0.15) is 40.1 Å². The molecule has 3 rings (SSSR count). The Bertz CT molecular complexity index is 529. The normalized spacial score (nSPS) is 23.2. The lowest BCUT2D eigenvalue weighted by Crippen LogP contribution is -2.45. The summed E-state index contributed by atoms with van der Waals surface area (Å²) in [6, 6.07) is -0.324. The highest BCUT2D eigenvalue weighted by Gasteiger charge is 2.38. The quantitative estimate of drug-likeness (QED) is 0.850. The molecule has 1 aromatic rings. The first-order valence-corrected chi connectivity index (χ1v) is 7.87. The van der Waals surface area contributed by atoms with E-state index in [4.69, 9.17) is 11.6 Å². The molecule has 19 heavy (non-hydrogen) atoms. The van der Waals surface area contributed by atoms with Crippen LogP contribution < -0.4 is 5.32 Å². The van der Waals surface area contributed by atoms with E-state index in [-0.39, 0.29) is 17.9 Å². The van der Waals surface area contributed by atoms with Crippen molar-refractivity contribution in [3.63, 3.8) is 0 Å². The number of thiophene rings is 1. The van der Waals surface area contributed by atoms with Crippen molar-refractivity contribution >= 4 is 34.8 Å². The van der Waals surface area contributed by atoms with Crippen molar-refractivity contribution in [2.24, 2.45) is 0 Å². The van der Waals surface area contributed by atoms with Crippen LogP contribution in [-0.4, -0.2) is 29.3 Å².